The average molecular weight is 437 g/mol. The highest BCUT2D eigenvalue weighted by Crippen LogP contribution is 2.32. The minimum absolute atomic E-state index is 0.00764. The molecule has 4 rings (SSSR count). The molecule has 31 heavy (non-hydrogen) atoms. The molecule has 1 N–H and O–H groups in total. The van der Waals surface area contributed by atoms with Crippen LogP contribution in [0.15, 0.2) is 57.6 Å². The molecule has 0 fully saturated rings. The van der Waals surface area contributed by atoms with Gasteiger partial charge in [-0.15, -0.1) is 0 Å². The van der Waals surface area contributed by atoms with Gasteiger partial charge in [0, 0.05) is 17.0 Å². The van der Waals surface area contributed by atoms with Crippen molar-refractivity contribution in [2.45, 2.75) is 12.7 Å². The molecule has 2 heterocycles. The van der Waals surface area contributed by atoms with Crippen LogP contribution in [0.25, 0.3) is 22.2 Å². The molecule has 0 bridgehead atoms. The van der Waals surface area contributed by atoms with Crippen molar-refractivity contribution in [1.82, 2.24) is 9.97 Å². The third-order valence-electron chi connectivity index (χ3n) is 4.53. The molecule has 0 aliphatic rings. The minimum atomic E-state index is -0.645. The molecule has 1 unspecified atom stereocenters. The summed E-state index contributed by atoms with van der Waals surface area (Å²) >= 11 is 0. The highest BCUT2D eigenvalue weighted by molar-refractivity contribution is 7.85. The summed E-state index contributed by atoms with van der Waals surface area (Å²) in [5.74, 6) is -0.279. The van der Waals surface area contributed by atoms with E-state index in [1.165, 1.54) is 24.5 Å². The van der Waals surface area contributed by atoms with Crippen molar-refractivity contribution in [1.29, 1.82) is 5.26 Å². The van der Waals surface area contributed by atoms with Gasteiger partial charge >= 0.3 is 0 Å². The van der Waals surface area contributed by atoms with Crippen LogP contribution in [0.3, 0.4) is 0 Å². The molecule has 156 valence electrons. The lowest BCUT2D eigenvalue weighted by Gasteiger charge is -2.11. The number of nitrogens with one attached hydrogen (secondary N) is 1. The van der Waals surface area contributed by atoms with E-state index in [4.69, 9.17) is 9.68 Å². The van der Waals surface area contributed by atoms with Crippen molar-refractivity contribution in [2.24, 2.45) is 4.36 Å². The fourth-order valence-corrected chi connectivity index (χ4v) is 4.17. The van der Waals surface area contributed by atoms with Crippen LogP contribution in [0.1, 0.15) is 11.1 Å². The van der Waals surface area contributed by atoms with Gasteiger partial charge in [-0.25, -0.2) is 18.7 Å². The molecule has 0 radical (unpaired) electrons. The summed E-state index contributed by atoms with van der Waals surface area (Å²) < 4.78 is 37.7. The summed E-state index contributed by atoms with van der Waals surface area (Å²) in [6, 6.07) is 10.0. The highest BCUT2D eigenvalue weighted by atomic mass is 32.2. The Morgan fingerprint density at radius 1 is 1.19 bits per heavy atom. The Labute approximate surface area is 179 Å². The fraction of sp³-hybridized carbons (Fsp3) is 0.136. The van der Waals surface area contributed by atoms with Gasteiger partial charge in [-0.2, -0.15) is 9.62 Å². The first kappa shape index (κ1) is 20.6. The number of hydrogen-bond acceptors (Lipinski definition) is 6. The van der Waals surface area contributed by atoms with Gasteiger partial charge < -0.3 is 9.73 Å². The van der Waals surface area contributed by atoms with Crippen LogP contribution in [0.4, 0.5) is 20.4 Å². The number of fused-ring (bicyclic) bond motifs is 1. The molecule has 0 saturated carbocycles. The zero-order valence-electron chi connectivity index (χ0n) is 16.7. The van der Waals surface area contributed by atoms with E-state index in [-0.39, 0.29) is 22.6 Å². The Morgan fingerprint density at radius 3 is 2.84 bits per heavy atom. The van der Waals surface area contributed by atoms with Crippen LogP contribution in [0, 0.1) is 30.0 Å². The molecule has 6 nitrogen and oxygen atoms in total. The number of anilines is 2. The topological polar surface area (TPSA) is 87.1 Å². The number of hydrogen-bond donors (Lipinski definition) is 1. The minimum Gasteiger partial charge on any atom is -0.464 e. The number of halogens is 2. The summed E-state index contributed by atoms with van der Waals surface area (Å²) in [5, 5.41) is 12.1. The largest absolute Gasteiger partial charge is 0.464 e. The lowest BCUT2D eigenvalue weighted by Crippen LogP contribution is -2.02. The van der Waals surface area contributed by atoms with Crippen molar-refractivity contribution in [3.63, 3.8) is 0 Å². The second kappa shape index (κ2) is 8.62. The molecule has 0 aliphatic carbocycles. The van der Waals surface area contributed by atoms with E-state index in [0.29, 0.717) is 11.3 Å². The summed E-state index contributed by atoms with van der Waals surface area (Å²) in [6.45, 7) is 1.95. The predicted molar refractivity (Wildman–Crippen MR) is 117 cm³/mol. The van der Waals surface area contributed by atoms with Gasteiger partial charge in [0.1, 0.15) is 17.1 Å². The molecule has 0 spiro atoms. The number of aromatic nitrogens is 2. The number of furan rings is 1. The van der Waals surface area contributed by atoms with E-state index in [2.05, 4.69) is 19.6 Å². The highest BCUT2D eigenvalue weighted by Gasteiger charge is 2.17. The fourth-order valence-electron chi connectivity index (χ4n) is 3.32. The number of nitriles is 1. The molecule has 4 aromatic rings. The van der Waals surface area contributed by atoms with Gasteiger partial charge in [-0.3, -0.25) is 0 Å². The Bertz CT molecular complexity index is 1360. The van der Waals surface area contributed by atoms with Crippen LogP contribution in [0.5, 0.6) is 0 Å². The number of nitrogens with zero attached hydrogens (tertiary/aromatic N) is 4. The number of aryl methyl sites for hydroxylation is 1. The van der Waals surface area contributed by atoms with Gasteiger partial charge in [0.15, 0.2) is 5.82 Å². The van der Waals surface area contributed by atoms with Gasteiger partial charge in [0.05, 0.1) is 17.8 Å². The molecule has 0 saturated heterocycles. The Morgan fingerprint density at radius 2 is 2.03 bits per heavy atom. The van der Waals surface area contributed by atoms with Crippen molar-refractivity contribution in [2.75, 3.05) is 11.6 Å². The van der Waals surface area contributed by atoms with Crippen molar-refractivity contribution < 1.29 is 13.2 Å². The molecule has 0 aliphatic heterocycles. The Kier molecular flexibility index (Phi) is 5.73. The predicted octanol–water partition coefficient (Wildman–Crippen LogP) is 5.63. The summed E-state index contributed by atoms with van der Waals surface area (Å²) in [5.41, 5.74) is 3.30. The van der Waals surface area contributed by atoms with E-state index in [9.17, 15) is 8.78 Å². The summed E-state index contributed by atoms with van der Waals surface area (Å²) in [7, 11) is -0.413. The van der Waals surface area contributed by atoms with Crippen LogP contribution in [0.2, 0.25) is 0 Å². The van der Waals surface area contributed by atoms with Crippen molar-refractivity contribution in [3.8, 4) is 17.5 Å². The molecule has 9 heteroatoms. The molecular weight excluding hydrogens is 420 g/mol. The average Bonchev–Trinajstić information content (AvgIpc) is 3.21. The second-order valence-corrected chi connectivity index (χ2v) is 8.59. The zero-order valence-corrected chi connectivity index (χ0v) is 17.5. The molecule has 2 aromatic carbocycles. The monoisotopic (exact) mass is 437 g/mol. The van der Waals surface area contributed by atoms with E-state index in [0.717, 1.165) is 23.0 Å². The Balaban J connectivity index is 1.69. The normalized spacial score (nSPS) is 12.1. The SMILES string of the molecule is Cc1cc(CS(C)=NC#N)cc(Nc2ncc(F)c(-c3ccc(F)c4ccoc34)n2)c1. The van der Waals surface area contributed by atoms with E-state index in [1.807, 2.05) is 37.6 Å². The first-order chi connectivity index (χ1) is 14.9. The van der Waals surface area contributed by atoms with E-state index in [1.54, 1.807) is 0 Å². The van der Waals surface area contributed by atoms with Crippen LogP contribution < -0.4 is 5.32 Å². The van der Waals surface area contributed by atoms with E-state index >= 15 is 0 Å². The maximum Gasteiger partial charge on any atom is 0.227 e. The second-order valence-electron chi connectivity index (χ2n) is 6.92. The van der Waals surface area contributed by atoms with Gasteiger partial charge in [-0.05, 0) is 54.6 Å². The zero-order chi connectivity index (χ0) is 22.0. The third-order valence-corrected chi connectivity index (χ3v) is 5.67. The molecular formula is C22H17F2N5OS. The van der Waals surface area contributed by atoms with Crippen molar-refractivity contribution >= 4 is 33.3 Å². The first-order valence-electron chi connectivity index (χ1n) is 9.23. The van der Waals surface area contributed by atoms with Crippen LogP contribution in [-0.2, 0) is 16.4 Å². The van der Waals surface area contributed by atoms with E-state index < -0.39 is 22.3 Å². The molecule has 0 amide bonds. The maximum atomic E-state index is 14.5. The standard InChI is InChI=1S/C22H17F2N5OS/c1-13-7-14(11-31(2)27-12-25)9-15(8-13)28-22-26-10-19(24)20(29-22)17-3-4-18(23)16-5-6-30-21(16)17/h3-10H,11H2,1-2H3,(H,26,28,29). The quantitative estimate of drug-likeness (QED) is 0.409. The lowest BCUT2D eigenvalue weighted by atomic mass is 10.1. The van der Waals surface area contributed by atoms with Crippen LogP contribution in [-0.4, -0.2) is 16.2 Å². The number of rotatable bonds is 5. The molecule has 2 aromatic heterocycles. The van der Waals surface area contributed by atoms with Gasteiger partial charge in [0.2, 0.25) is 12.1 Å². The van der Waals surface area contributed by atoms with Crippen LogP contribution >= 0.6 is 0 Å². The summed E-state index contributed by atoms with van der Waals surface area (Å²) in [6.07, 6.45) is 6.14. The first-order valence-corrected chi connectivity index (χ1v) is 11.0. The van der Waals surface area contributed by atoms with Crippen molar-refractivity contribution in [3.05, 3.63) is 71.6 Å². The third kappa shape index (κ3) is 4.44. The molecule has 1 atom stereocenters. The Hall–Kier alpha value is -3.64. The smallest absolute Gasteiger partial charge is 0.227 e. The van der Waals surface area contributed by atoms with Gasteiger partial charge in [-0.1, -0.05) is 16.8 Å². The lowest BCUT2D eigenvalue weighted by molar-refractivity contribution is 0.605. The number of benzene rings is 2. The maximum absolute atomic E-state index is 14.5. The summed E-state index contributed by atoms with van der Waals surface area (Å²) in [4.78, 5) is 8.34. The van der Waals surface area contributed by atoms with Gasteiger partial charge in [0.25, 0.3) is 0 Å².